The molecule has 0 radical (unpaired) electrons. The largest absolute Gasteiger partial charge is 0.531 e. The fourth-order valence-electron chi connectivity index (χ4n) is 3.63. The molecule has 1 rings (SSSR count). The van der Waals surface area contributed by atoms with Crippen molar-refractivity contribution in [3.63, 3.8) is 0 Å². The van der Waals surface area contributed by atoms with Crippen LogP contribution in [0, 0.1) is 6.92 Å². The van der Waals surface area contributed by atoms with Crippen LogP contribution in [-0.4, -0.2) is 34.0 Å². The topological polar surface area (TPSA) is 91.3 Å². The number of aliphatic hydroxyl groups is 1. The fourth-order valence-corrected chi connectivity index (χ4v) is 5.47. The van der Waals surface area contributed by atoms with Crippen LogP contribution in [0.4, 0.5) is 0 Å². The number of aryl methyl sites for hydroxylation is 1. The number of carbonyl (C=O) groups excluding carboxylic acids is 1. The van der Waals surface area contributed by atoms with Crippen molar-refractivity contribution in [2.75, 3.05) is 0 Å². The number of esters is 1. The van der Waals surface area contributed by atoms with Crippen LogP contribution >= 0.6 is 7.82 Å². The van der Waals surface area contributed by atoms with Crippen LogP contribution in [0.2, 0.25) is 0 Å². The summed E-state index contributed by atoms with van der Waals surface area (Å²) in [5.41, 5.74) is -0.0321. The summed E-state index contributed by atoms with van der Waals surface area (Å²) in [7, 11) is -4.07. The lowest BCUT2D eigenvalue weighted by Gasteiger charge is -2.32. The van der Waals surface area contributed by atoms with Crippen molar-refractivity contribution in [2.24, 2.45) is 0 Å². The second kappa shape index (κ2) is 11.1. The van der Waals surface area contributed by atoms with Gasteiger partial charge in [0.15, 0.2) is 0 Å². The summed E-state index contributed by atoms with van der Waals surface area (Å²) in [5.74, 6) is -0.274. The van der Waals surface area contributed by atoms with Crippen LogP contribution in [0.1, 0.15) is 105 Å². The van der Waals surface area contributed by atoms with Gasteiger partial charge in [-0.25, -0.2) is 4.57 Å². The van der Waals surface area contributed by atoms with Crippen LogP contribution in [0.3, 0.4) is 0 Å². The Kier molecular flexibility index (Phi) is 10.0. The molecule has 0 spiro atoms. The van der Waals surface area contributed by atoms with Crippen LogP contribution in [0.25, 0.3) is 0 Å². The average Bonchev–Trinajstić information content (AvgIpc) is 2.46. The number of hydrogen-bond acceptors (Lipinski definition) is 7. The van der Waals surface area contributed by atoms with Crippen LogP contribution < -0.4 is 4.52 Å². The molecule has 1 aromatic carbocycles. The number of hydrogen-bond donors (Lipinski definition) is 1. The third-order valence-corrected chi connectivity index (χ3v) is 6.26. The zero-order valence-electron chi connectivity index (χ0n) is 23.1. The minimum atomic E-state index is -4.07. The van der Waals surface area contributed by atoms with E-state index in [0.717, 1.165) is 5.56 Å². The smallest absolute Gasteiger partial charge is 0.460 e. The molecule has 0 saturated heterocycles. The van der Waals surface area contributed by atoms with E-state index < -0.39 is 30.7 Å². The zero-order valence-corrected chi connectivity index (χ0v) is 24.0. The second-order valence-electron chi connectivity index (χ2n) is 12.0. The Morgan fingerprint density at radius 2 is 1.44 bits per heavy atom. The standard InChI is InChI=1S/C26H45O7P/c1-17-13-20(16-22(28)30-24(4,5)6)23(18(2)15-19(3)27)21(14-17)31-34(29,32-25(7,8)9)33-26(10,11)12/h13-14,18-19,27H,15-16H2,1-12H3. The Labute approximate surface area is 206 Å². The summed E-state index contributed by atoms with van der Waals surface area (Å²) >= 11 is 0. The second-order valence-corrected chi connectivity index (χ2v) is 13.5. The van der Waals surface area contributed by atoms with Gasteiger partial charge in [-0.15, -0.1) is 0 Å². The van der Waals surface area contributed by atoms with Crippen LogP contribution in [0.15, 0.2) is 12.1 Å². The van der Waals surface area contributed by atoms with E-state index in [1.165, 1.54) is 0 Å². The summed E-state index contributed by atoms with van der Waals surface area (Å²) in [6.07, 6.45) is -0.146. The molecule has 7 nitrogen and oxygen atoms in total. The highest BCUT2D eigenvalue weighted by Crippen LogP contribution is 2.56. The van der Waals surface area contributed by atoms with E-state index in [0.29, 0.717) is 23.3 Å². The molecule has 0 aromatic heterocycles. The lowest BCUT2D eigenvalue weighted by atomic mass is 9.88. The Balaban J connectivity index is 3.62. The highest BCUT2D eigenvalue weighted by Gasteiger charge is 2.40. The number of aliphatic hydroxyl groups excluding tert-OH is 1. The summed E-state index contributed by atoms with van der Waals surface area (Å²) in [4.78, 5) is 12.7. The first-order valence-electron chi connectivity index (χ1n) is 11.8. The number of phosphoric acid groups is 1. The molecule has 0 saturated carbocycles. The van der Waals surface area contributed by atoms with Gasteiger partial charge in [-0.1, -0.05) is 13.0 Å². The Bertz CT molecular complexity index is 866. The monoisotopic (exact) mass is 500 g/mol. The van der Waals surface area contributed by atoms with Gasteiger partial charge in [0.2, 0.25) is 0 Å². The molecule has 0 bridgehead atoms. The molecule has 8 heteroatoms. The molecule has 0 amide bonds. The fraction of sp³-hybridized carbons (Fsp3) is 0.731. The summed E-state index contributed by atoms with van der Waals surface area (Å²) in [6, 6.07) is 3.65. The predicted molar refractivity (Wildman–Crippen MR) is 135 cm³/mol. The summed E-state index contributed by atoms with van der Waals surface area (Å²) in [6.45, 7) is 21.6. The molecule has 1 aromatic rings. The van der Waals surface area contributed by atoms with Crippen molar-refractivity contribution in [1.29, 1.82) is 0 Å². The molecule has 2 unspecified atom stereocenters. The minimum Gasteiger partial charge on any atom is -0.460 e. The van der Waals surface area contributed by atoms with Crippen molar-refractivity contribution < 1.29 is 32.8 Å². The van der Waals surface area contributed by atoms with E-state index in [-0.39, 0.29) is 18.3 Å². The van der Waals surface area contributed by atoms with Crippen molar-refractivity contribution in [3.05, 3.63) is 28.8 Å². The first-order chi connectivity index (χ1) is 15.1. The van der Waals surface area contributed by atoms with Gasteiger partial charge in [0.1, 0.15) is 11.4 Å². The number of benzene rings is 1. The van der Waals surface area contributed by atoms with Crippen molar-refractivity contribution >= 4 is 13.8 Å². The van der Waals surface area contributed by atoms with E-state index in [4.69, 9.17) is 18.3 Å². The summed E-state index contributed by atoms with van der Waals surface area (Å²) in [5, 5.41) is 10.1. The van der Waals surface area contributed by atoms with Crippen molar-refractivity contribution in [2.45, 2.75) is 125 Å². The van der Waals surface area contributed by atoms with Crippen molar-refractivity contribution in [3.8, 4) is 5.75 Å². The SMILES string of the molecule is Cc1cc(CC(=O)OC(C)(C)C)c(C(C)CC(C)O)c(OP(=O)(OC(C)(C)C)OC(C)(C)C)c1. The maximum atomic E-state index is 13.8. The molecule has 34 heavy (non-hydrogen) atoms. The van der Waals surface area contributed by atoms with Crippen molar-refractivity contribution in [1.82, 2.24) is 0 Å². The third-order valence-electron chi connectivity index (χ3n) is 4.30. The van der Waals surface area contributed by atoms with Gasteiger partial charge in [0.05, 0.1) is 23.7 Å². The first-order valence-corrected chi connectivity index (χ1v) is 13.3. The molecule has 0 aliphatic carbocycles. The van der Waals surface area contributed by atoms with Gasteiger partial charge in [0, 0.05) is 5.56 Å². The molecule has 1 N–H and O–H groups in total. The number of phosphoric ester groups is 1. The van der Waals surface area contributed by atoms with E-state index >= 15 is 0 Å². The maximum absolute atomic E-state index is 13.8. The van der Waals surface area contributed by atoms with Crippen LogP contribution in [-0.2, 0) is 29.6 Å². The molecule has 2 atom stereocenters. The molecule has 0 fully saturated rings. The van der Waals surface area contributed by atoms with Gasteiger partial charge in [-0.2, -0.15) is 0 Å². The normalized spacial score (nSPS) is 15.1. The predicted octanol–water partition coefficient (Wildman–Crippen LogP) is 6.87. The van der Waals surface area contributed by atoms with Gasteiger partial charge < -0.3 is 14.4 Å². The summed E-state index contributed by atoms with van der Waals surface area (Å²) < 4.78 is 37.1. The van der Waals surface area contributed by atoms with E-state index in [1.54, 1.807) is 54.5 Å². The highest BCUT2D eigenvalue weighted by molar-refractivity contribution is 7.49. The first kappa shape index (κ1) is 30.6. The number of rotatable bonds is 9. The average molecular weight is 501 g/mol. The molecular formula is C26H45O7P. The molecule has 0 aliphatic rings. The Morgan fingerprint density at radius 3 is 1.85 bits per heavy atom. The Hall–Kier alpha value is -1.40. The number of carbonyl (C=O) groups is 1. The van der Waals surface area contributed by atoms with Crippen LogP contribution in [0.5, 0.6) is 5.75 Å². The van der Waals surface area contributed by atoms with E-state index in [9.17, 15) is 14.5 Å². The lowest BCUT2D eigenvalue weighted by Crippen LogP contribution is -2.26. The lowest BCUT2D eigenvalue weighted by molar-refractivity contribution is -0.153. The van der Waals surface area contributed by atoms with E-state index in [2.05, 4.69) is 0 Å². The quantitative estimate of drug-likeness (QED) is 0.292. The minimum absolute atomic E-state index is 0.0132. The number of ether oxygens (including phenoxy) is 1. The van der Waals surface area contributed by atoms with Gasteiger partial charge in [0.25, 0.3) is 0 Å². The Morgan fingerprint density at radius 1 is 0.941 bits per heavy atom. The molecular weight excluding hydrogens is 455 g/mol. The zero-order chi connectivity index (χ0) is 26.7. The molecule has 0 aliphatic heterocycles. The third kappa shape index (κ3) is 11.4. The van der Waals surface area contributed by atoms with Gasteiger partial charge >= 0.3 is 13.8 Å². The van der Waals surface area contributed by atoms with E-state index in [1.807, 2.05) is 40.7 Å². The molecule has 196 valence electrons. The van der Waals surface area contributed by atoms with Gasteiger partial charge in [-0.3, -0.25) is 13.8 Å². The molecule has 0 heterocycles. The maximum Gasteiger partial charge on any atom is 0.531 e. The van der Waals surface area contributed by atoms with Gasteiger partial charge in [-0.05, 0) is 106 Å². The highest BCUT2D eigenvalue weighted by atomic mass is 31.2.